The van der Waals surface area contributed by atoms with Crippen LogP contribution in [0.3, 0.4) is 0 Å². The molecule has 2 N–H and O–H groups in total. The van der Waals surface area contributed by atoms with E-state index in [4.69, 9.17) is 0 Å². The largest absolute Gasteiger partial charge is 0.573 e. The van der Waals surface area contributed by atoms with E-state index in [2.05, 4.69) is 30.0 Å². The Bertz CT molecular complexity index is 1420. The third-order valence-corrected chi connectivity index (χ3v) is 5.32. The number of likely N-dealkylation sites (N-methyl/N-ethyl adjacent to an activating group) is 1. The number of urea groups is 1. The number of nitrogens with zero attached hydrogens (tertiary/aromatic N) is 6. The van der Waals surface area contributed by atoms with Crippen molar-refractivity contribution in [2.75, 3.05) is 30.4 Å². The van der Waals surface area contributed by atoms with Crippen LogP contribution < -0.4 is 20.5 Å². The molecule has 14 heteroatoms. The van der Waals surface area contributed by atoms with E-state index in [1.54, 1.807) is 27.0 Å². The molecule has 35 heavy (non-hydrogen) atoms. The molecule has 1 aliphatic heterocycles. The number of carbonyl (C=O) groups excluding carboxylic acids is 1. The molecule has 0 unspecified atom stereocenters. The first kappa shape index (κ1) is 23.7. The van der Waals surface area contributed by atoms with Crippen LogP contribution in [-0.2, 0) is 0 Å². The van der Waals surface area contributed by atoms with Crippen LogP contribution in [0, 0.1) is 18.3 Å². The highest BCUT2D eigenvalue weighted by Gasteiger charge is 2.32. The molecule has 1 atom stereocenters. The van der Waals surface area contributed by atoms with Crippen molar-refractivity contribution in [1.29, 1.82) is 5.26 Å². The molecule has 0 saturated carbocycles. The predicted molar refractivity (Wildman–Crippen MR) is 118 cm³/mol. The number of nitriles is 1. The Morgan fingerprint density at radius 3 is 2.57 bits per heavy atom. The zero-order chi connectivity index (χ0) is 25.5. The maximum Gasteiger partial charge on any atom is 0.573 e. The molecular formula is C21H19F3N8O3. The fraction of sp³-hybridized carbons (Fsp3) is 0.333. The summed E-state index contributed by atoms with van der Waals surface area (Å²) < 4.78 is 41.9. The number of nitrogens with one attached hydrogen (secondary N) is 2. The first-order valence-electron chi connectivity index (χ1n) is 10.3. The number of aromatic amines is 1. The van der Waals surface area contributed by atoms with Gasteiger partial charge in [0.1, 0.15) is 17.6 Å². The Labute approximate surface area is 196 Å². The van der Waals surface area contributed by atoms with Gasteiger partial charge in [-0.15, -0.1) is 13.2 Å². The van der Waals surface area contributed by atoms with Gasteiger partial charge >= 0.3 is 12.4 Å². The molecule has 4 rings (SSSR count). The van der Waals surface area contributed by atoms with Crippen LogP contribution in [0.15, 0.2) is 23.0 Å². The third kappa shape index (κ3) is 4.93. The first-order valence-corrected chi connectivity index (χ1v) is 10.3. The van der Waals surface area contributed by atoms with Gasteiger partial charge in [-0.05, 0) is 26.0 Å². The van der Waals surface area contributed by atoms with Crippen LogP contribution >= 0.6 is 0 Å². The number of hydrogen-bond acceptors (Lipinski definition) is 8. The molecule has 182 valence electrons. The number of fused-ring (bicyclic) bond motifs is 1. The van der Waals surface area contributed by atoms with Gasteiger partial charge in [-0.3, -0.25) is 9.69 Å². The third-order valence-electron chi connectivity index (χ3n) is 5.32. The van der Waals surface area contributed by atoms with Gasteiger partial charge in [-0.25, -0.2) is 4.79 Å². The number of benzene rings is 1. The molecule has 0 aliphatic carbocycles. The monoisotopic (exact) mass is 488 g/mol. The van der Waals surface area contributed by atoms with Crippen LogP contribution in [0.1, 0.15) is 29.9 Å². The number of pyridine rings is 1. The van der Waals surface area contributed by atoms with E-state index in [9.17, 15) is 28.0 Å². The fourth-order valence-electron chi connectivity index (χ4n) is 3.63. The zero-order valence-corrected chi connectivity index (χ0v) is 18.8. The number of H-pyrrole nitrogens is 1. The lowest BCUT2D eigenvalue weighted by atomic mass is 10.1. The molecule has 3 heterocycles. The van der Waals surface area contributed by atoms with Gasteiger partial charge < -0.3 is 19.9 Å². The number of amides is 2. The fourth-order valence-corrected chi connectivity index (χ4v) is 3.63. The molecule has 1 saturated heterocycles. The van der Waals surface area contributed by atoms with Crippen molar-refractivity contribution in [2.45, 2.75) is 26.3 Å². The van der Waals surface area contributed by atoms with Crippen LogP contribution in [-0.4, -0.2) is 57.4 Å². The molecule has 2 amide bonds. The topological polar surface area (TPSA) is 140 Å². The highest BCUT2D eigenvalue weighted by molar-refractivity contribution is 5.92. The van der Waals surface area contributed by atoms with Gasteiger partial charge in [0, 0.05) is 37.2 Å². The molecule has 1 fully saturated rings. The summed E-state index contributed by atoms with van der Waals surface area (Å²) in [5, 5.41) is 12.6. The van der Waals surface area contributed by atoms with Crippen molar-refractivity contribution in [3.05, 3.63) is 45.5 Å². The molecule has 2 aromatic heterocycles. The van der Waals surface area contributed by atoms with Crippen molar-refractivity contribution >= 4 is 28.8 Å². The number of alkyl halides is 3. The van der Waals surface area contributed by atoms with Gasteiger partial charge in [0.25, 0.3) is 5.56 Å². The summed E-state index contributed by atoms with van der Waals surface area (Å²) in [5.41, 5.74) is -0.615. The second kappa shape index (κ2) is 8.75. The maximum atomic E-state index is 12.7. The maximum absolute atomic E-state index is 12.7. The smallest absolute Gasteiger partial charge is 0.404 e. The average molecular weight is 488 g/mol. The van der Waals surface area contributed by atoms with E-state index < -0.39 is 23.7 Å². The average Bonchev–Trinajstić information content (AvgIpc) is 3.09. The Balaban J connectivity index is 1.65. The van der Waals surface area contributed by atoms with Crippen molar-refractivity contribution in [2.24, 2.45) is 0 Å². The summed E-state index contributed by atoms with van der Waals surface area (Å²) in [6.07, 6.45) is -4.99. The van der Waals surface area contributed by atoms with Gasteiger partial charge in [-0.2, -0.15) is 20.2 Å². The van der Waals surface area contributed by atoms with Crippen LogP contribution in [0.5, 0.6) is 5.75 Å². The molecule has 1 aromatic carbocycles. The van der Waals surface area contributed by atoms with Crippen molar-refractivity contribution < 1.29 is 22.7 Å². The van der Waals surface area contributed by atoms with E-state index in [0.29, 0.717) is 24.3 Å². The molecule has 11 nitrogen and oxygen atoms in total. The van der Waals surface area contributed by atoms with E-state index in [-0.39, 0.29) is 34.6 Å². The standard InChI is InChI=1S/C21H19F3N8O3/c1-10(26-18-27-11(2)28-19(30-18)32-5-4-31(3)20(32)34)14-7-12-6-13(9-25)16(35-21(22,23)24)8-15(12)29-17(14)33/h6-8,10H,4-5H2,1-3H3,(H,29,33)(H,26,27,28,30)/t10-/m0/s1. The summed E-state index contributed by atoms with van der Waals surface area (Å²) in [6.45, 7) is 4.24. The van der Waals surface area contributed by atoms with E-state index in [1.807, 2.05) is 0 Å². The normalized spacial score (nSPS) is 14.8. The molecule has 0 radical (unpaired) electrons. The van der Waals surface area contributed by atoms with Crippen molar-refractivity contribution in [1.82, 2.24) is 24.8 Å². The summed E-state index contributed by atoms with van der Waals surface area (Å²) in [4.78, 5) is 43.2. The molecule has 1 aliphatic rings. The predicted octanol–water partition coefficient (Wildman–Crippen LogP) is 2.84. The minimum atomic E-state index is -4.99. The highest BCUT2D eigenvalue weighted by atomic mass is 19.4. The Kier molecular flexibility index (Phi) is 5.93. The summed E-state index contributed by atoms with van der Waals surface area (Å²) in [5.74, 6) is -0.0500. The Morgan fingerprint density at radius 2 is 1.94 bits per heavy atom. The number of aryl methyl sites for hydroxylation is 1. The van der Waals surface area contributed by atoms with Crippen LogP contribution in [0.2, 0.25) is 0 Å². The van der Waals surface area contributed by atoms with Crippen molar-refractivity contribution in [3.63, 3.8) is 0 Å². The highest BCUT2D eigenvalue weighted by Crippen LogP contribution is 2.30. The lowest BCUT2D eigenvalue weighted by Gasteiger charge is -2.18. The zero-order valence-electron chi connectivity index (χ0n) is 18.8. The molecule has 0 spiro atoms. The van der Waals surface area contributed by atoms with Crippen molar-refractivity contribution in [3.8, 4) is 11.8 Å². The summed E-state index contributed by atoms with van der Waals surface area (Å²) in [7, 11) is 1.67. The van der Waals surface area contributed by atoms with Gasteiger partial charge in [-0.1, -0.05) is 0 Å². The van der Waals surface area contributed by atoms with Gasteiger partial charge in [0.05, 0.1) is 17.1 Å². The number of rotatable bonds is 5. The second-order valence-corrected chi connectivity index (χ2v) is 7.88. The number of hydrogen-bond donors (Lipinski definition) is 2. The lowest BCUT2D eigenvalue weighted by Crippen LogP contribution is -2.31. The summed E-state index contributed by atoms with van der Waals surface area (Å²) in [6, 6.07) is 4.38. The molecule has 0 bridgehead atoms. The van der Waals surface area contributed by atoms with E-state index >= 15 is 0 Å². The van der Waals surface area contributed by atoms with Crippen LogP contribution in [0.4, 0.5) is 29.9 Å². The van der Waals surface area contributed by atoms with E-state index in [0.717, 1.165) is 6.07 Å². The summed E-state index contributed by atoms with van der Waals surface area (Å²) >= 11 is 0. The van der Waals surface area contributed by atoms with E-state index in [1.165, 1.54) is 21.9 Å². The Hall–Kier alpha value is -4.41. The quantitative estimate of drug-likeness (QED) is 0.559. The van der Waals surface area contributed by atoms with Crippen LogP contribution in [0.25, 0.3) is 10.9 Å². The number of ether oxygens (including phenoxy) is 1. The number of anilines is 2. The first-order chi connectivity index (χ1) is 16.4. The molecule has 3 aromatic rings. The number of aromatic nitrogens is 4. The van der Waals surface area contributed by atoms with Gasteiger partial charge in [0.15, 0.2) is 0 Å². The minimum Gasteiger partial charge on any atom is -0.404 e. The lowest BCUT2D eigenvalue weighted by molar-refractivity contribution is -0.274. The number of halogens is 3. The van der Waals surface area contributed by atoms with Gasteiger partial charge in [0.2, 0.25) is 11.9 Å². The SMILES string of the molecule is Cc1nc(N[C@@H](C)c2cc3cc(C#N)c(OC(F)(F)F)cc3[nH]c2=O)nc(N2CCN(C)C2=O)n1. The second-order valence-electron chi connectivity index (χ2n) is 7.88. The minimum absolute atomic E-state index is 0.0687. The molecular weight excluding hydrogens is 469 g/mol. The Morgan fingerprint density at radius 1 is 1.20 bits per heavy atom. The number of carbonyl (C=O) groups is 1.